The molecule has 0 bridgehead atoms. The first-order valence-electron chi connectivity index (χ1n) is 21.2. The van der Waals surface area contributed by atoms with Gasteiger partial charge in [-0.1, -0.05) is 182 Å². The van der Waals surface area contributed by atoms with E-state index in [-0.39, 0.29) is 0 Å². The number of benzene rings is 9. The maximum absolute atomic E-state index is 6.70. The van der Waals surface area contributed by atoms with Crippen LogP contribution in [0.4, 0.5) is 0 Å². The van der Waals surface area contributed by atoms with Crippen molar-refractivity contribution in [2.45, 2.75) is 0 Å². The fourth-order valence-corrected chi connectivity index (χ4v) is 9.60. The third-order valence-corrected chi connectivity index (χ3v) is 12.4. The molecule has 13 rings (SSSR count). The first-order chi connectivity index (χ1) is 31.3. The Kier molecular flexibility index (Phi) is 7.80. The summed E-state index contributed by atoms with van der Waals surface area (Å²) >= 11 is 0. The Hall–Kier alpha value is -8.61. The number of aromatic nitrogens is 5. The van der Waals surface area contributed by atoms with Gasteiger partial charge < -0.3 is 8.98 Å². The Bertz CT molecular complexity index is 3890. The van der Waals surface area contributed by atoms with Crippen molar-refractivity contribution in [3.05, 3.63) is 212 Å². The highest BCUT2D eigenvalue weighted by molar-refractivity contribution is 6.25. The smallest absolute Gasteiger partial charge is 0.238 e. The predicted molar refractivity (Wildman–Crippen MR) is 258 cm³/mol. The standard InChI is InChI=1S/C57H35N5O/c1-4-16-36(17-5-1)37-30-32-40(33-31-37)56-58-55(39-20-8-3-9-21-39)59-57(60-56)62-47-26-13-11-23-43(47)45-35-34-44-42-22-10-12-25-46(42)61(53(44)54(45)62)48-27-15-29-50-52(48)51-41(24-14-28-49(51)63-50)38-18-6-2-7-19-38/h1-35H. The lowest BCUT2D eigenvalue weighted by molar-refractivity contribution is 0.669. The molecule has 0 atom stereocenters. The highest BCUT2D eigenvalue weighted by Crippen LogP contribution is 2.45. The molecule has 4 heterocycles. The van der Waals surface area contributed by atoms with Gasteiger partial charge in [-0.3, -0.25) is 4.57 Å². The van der Waals surface area contributed by atoms with Crippen molar-refractivity contribution >= 4 is 65.6 Å². The number of hydrogen-bond donors (Lipinski definition) is 0. The van der Waals surface area contributed by atoms with Crippen LogP contribution in [0.5, 0.6) is 0 Å². The van der Waals surface area contributed by atoms with Crippen LogP contribution in [-0.4, -0.2) is 24.1 Å². The molecule has 4 aromatic heterocycles. The molecule has 0 aliphatic carbocycles. The molecule has 0 aliphatic rings. The minimum Gasteiger partial charge on any atom is -0.456 e. The molecule has 0 N–H and O–H groups in total. The summed E-state index contributed by atoms with van der Waals surface area (Å²) in [5, 5.41) is 6.64. The quantitative estimate of drug-likeness (QED) is 0.168. The van der Waals surface area contributed by atoms with E-state index in [1.807, 2.05) is 24.3 Å². The maximum Gasteiger partial charge on any atom is 0.238 e. The molecule has 0 spiro atoms. The molecular formula is C57H35N5O. The molecule has 0 aliphatic heterocycles. The second-order valence-electron chi connectivity index (χ2n) is 16.0. The van der Waals surface area contributed by atoms with Crippen molar-refractivity contribution in [1.82, 2.24) is 24.1 Å². The number of fused-ring (bicyclic) bond motifs is 10. The molecule has 13 aromatic rings. The summed E-state index contributed by atoms with van der Waals surface area (Å²) in [7, 11) is 0. The van der Waals surface area contributed by atoms with Crippen LogP contribution in [-0.2, 0) is 0 Å². The van der Waals surface area contributed by atoms with Crippen LogP contribution in [0.25, 0.3) is 122 Å². The van der Waals surface area contributed by atoms with Gasteiger partial charge >= 0.3 is 0 Å². The van der Waals surface area contributed by atoms with E-state index in [1.54, 1.807) is 0 Å². The van der Waals surface area contributed by atoms with Gasteiger partial charge in [0.05, 0.1) is 33.1 Å². The van der Waals surface area contributed by atoms with Gasteiger partial charge in [0.2, 0.25) is 5.95 Å². The lowest BCUT2D eigenvalue weighted by Gasteiger charge is -2.14. The largest absolute Gasteiger partial charge is 0.456 e. The Morgan fingerprint density at radius 1 is 0.317 bits per heavy atom. The summed E-state index contributed by atoms with van der Waals surface area (Å²) in [5.74, 6) is 1.74. The predicted octanol–water partition coefficient (Wildman–Crippen LogP) is 14.6. The van der Waals surface area contributed by atoms with E-state index in [9.17, 15) is 0 Å². The van der Waals surface area contributed by atoms with Gasteiger partial charge in [-0.05, 0) is 52.6 Å². The van der Waals surface area contributed by atoms with Crippen molar-refractivity contribution < 1.29 is 4.42 Å². The summed E-state index contributed by atoms with van der Waals surface area (Å²) in [4.78, 5) is 15.9. The summed E-state index contributed by atoms with van der Waals surface area (Å²) < 4.78 is 11.4. The lowest BCUT2D eigenvalue weighted by atomic mass is 9.99. The molecule has 0 amide bonds. The average Bonchev–Trinajstić information content (AvgIpc) is 4.03. The first kappa shape index (κ1) is 35.2. The summed E-state index contributed by atoms with van der Waals surface area (Å²) in [6.45, 7) is 0. The van der Waals surface area contributed by atoms with Gasteiger partial charge in [0.1, 0.15) is 11.2 Å². The molecule has 294 valence electrons. The van der Waals surface area contributed by atoms with E-state index in [4.69, 9.17) is 19.4 Å². The van der Waals surface area contributed by atoms with Crippen LogP contribution in [0.1, 0.15) is 0 Å². The van der Waals surface area contributed by atoms with Crippen LogP contribution in [0, 0.1) is 0 Å². The fraction of sp³-hybridized carbons (Fsp3) is 0. The van der Waals surface area contributed by atoms with Crippen molar-refractivity contribution in [1.29, 1.82) is 0 Å². The Labute approximate surface area is 361 Å². The van der Waals surface area contributed by atoms with Crippen LogP contribution < -0.4 is 0 Å². The van der Waals surface area contributed by atoms with Gasteiger partial charge in [-0.25, -0.2) is 4.98 Å². The lowest BCUT2D eigenvalue weighted by Crippen LogP contribution is -2.07. The van der Waals surface area contributed by atoms with Crippen LogP contribution >= 0.6 is 0 Å². The number of rotatable bonds is 6. The number of para-hydroxylation sites is 2. The van der Waals surface area contributed by atoms with Crippen LogP contribution in [0.2, 0.25) is 0 Å². The zero-order chi connectivity index (χ0) is 41.4. The number of hydrogen-bond acceptors (Lipinski definition) is 4. The molecule has 0 saturated carbocycles. The minimum absolute atomic E-state index is 0.542. The zero-order valence-corrected chi connectivity index (χ0v) is 33.9. The summed E-state index contributed by atoms with van der Waals surface area (Å²) in [6.07, 6.45) is 0. The van der Waals surface area contributed by atoms with E-state index >= 15 is 0 Å². The van der Waals surface area contributed by atoms with Crippen molar-refractivity contribution in [3.63, 3.8) is 0 Å². The fourth-order valence-electron chi connectivity index (χ4n) is 9.60. The van der Waals surface area contributed by atoms with E-state index in [2.05, 4.69) is 197 Å². The Morgan fingerprint density at radius 2 is 0.794 bits per heavy atom. The van der Waals surface area contributed by atoms with Gasteiger partial charge in [0.15, 0.2) is 11.6 Å². The molecule has 9 aromatic carbocycles. The average molecular weight is 806 g/mol. The topological polar surface area (TPSA) is 61.7 Å². The molecule has 0 saturated heterocycles. The third kappa shape index (κ3) is 5.48. The normalized spacial score (nSPS) is 11.8. The van der Waals surface area contributed by atoms with Gasteiger partial charge in [0.25, 0.3) is 0 Å². The van der Waals surface area contributed by atoms with Crippen molar-refractivity contribution in [2.75, 3.05) is 0 Å². The van der Waals surface area contributed by atoms with Crippen LogP contribution in [0.15, 0.2) is 217 Å². The number of furan rings is 1. The Morgan fingerprint density at radius 3 is 1.44 bits per heavy atom. The third-order valence-electron chi connectivity index (χ3n) is 12.4. The highest BCUT2D eigenvalue weighted by atomic mass is 16.3. The molecule has 0 radical (unpaired) electrons. The monoisotopic (exact) mass is 805 g/mol. The van der Waals surface area contributed by atoms with E-state index in [0.717, 1.165) is 105 Å². The highest BCUT2D eigenvalue weighted by Gasteiger charge is 2.25. The van der Waals surface area contributed by atoms with Gasteiger partial charge in [-0.2, -0.15) is 9.97 Å². The van der Waals surface area contributed by atoms with Crippen molar-refractivity contribution in [2.24, 2.45) is 0 Å². The molecule has 63 heavy (non-hydrogen) atoms. The SMILES string of the molecule is c1ccc(-c2ccc(-c3nc(-c4ccccc4)nc(-n4c5ccccc5c5ccc6c7ccccc7n(-c7cccc8oc9cccc(-c%10ccccc%10)c9c78)c6c54)n3)cc2)cc1. The van der Waals surface area contributed by atoms with Crippen LogP contribution in [0.3, 0.4) is 0 Å². The minimum atomic E-state index is 0.542. The van der Waals surface area contributed by atoms with Gasteiger partial charge in [0, 0.05) is 38.1 Å². The molecule has 0 fully saturated rings. The molecule has 6 heteroatoms. The van der Waals surface area contributed by atoms with Crippen molar-refractivity contribution in [3.8, 4) is 56.7 Å². The second kappa shape index (κ2) is 14.0. The first-order valence-corrected chi connectivity index (χ1v) is 21.2. The maximum atomic E-state index is 6.70. The molecule has 0 unspecified atom stereocenters. The Balaban J connectivity index is 1.15. The van der Waals surface area contributed by atoms with E-state index in [0.29, 0.717) is 17.6 Å². The second-order valence-corrected chi connectivity index (χ2v) is 16.0. The summed E-state index contributed by atoms with van der Waals surface area (Å²) in [6, 6.07) is 74.3. The summed E-state index contributed by atoms with van der Waals surface area (Å²) in [5.41, 5.74) is 13.2. The number of nitrogens with zero attached hydrogens (tertiary/aromatic N) is 5. The molecule has 6 nitrogen and oxygen atoms in total. The van der Waals surface area contributed by atoms with E-state index in [1.165, 1.54) is 0 Å². The van der Waals surface area contributed by atoms with Gasteiger partial charge in [-0.15, -0.1) is 0 Å². The zero-order valence-electron chi connectivity index (χ0n) is 33.9. The van der Waals surface area contributed by atoms with E-state index < -0.39 is 0 Å². The molecular weight excluding hydrogens is 771 g/mol.